The van der Waals surface area contributed by atoms with Gasteiger partial charge in [-0.05, 0) is 38.8 Å². The molecule has 0 bridgehead atoms. The van der Waals surface area contributed by atoms with E-state index in [4.69, 9.17) is 4.74 Å². The van der Waals surface area contributed by atoms with Crippen LogP contribution < -0.4 is 15.4 Å². The van der Waals surface area contributed by atoms with Gasteiger partial charge in [-0.25, -0.2) is 0 Å². The lowest BCUT2D eigenvalue weighted by molar-refractivity contribution is -0.124. The van der Waals surface area contributed by atoms with Crippen molar-refractivity contribution in [2.45, 2.75) is 49.8 Å². The van der Waals surface area contributed by atoms with Gasteiger partial charge in [0.15, 0.2) is 0 Å². The first-order chi connectivity index (χ1) is 12.6. The fourth-order valence-corrected chi connectivity index (χ4v) is 4.37. The van der Waals surface area contributed by atoms with E-state index in [2.05, 4.69) is 21.8 Å². The van der Waals surface area contributed by atoms with E-state index in [1.165, 1.54) is 12.8 Å². The zero-order chi connectivity index (χ0) is 18.1. The molecule has 1 amide bonds. The minimum Gasteiger partial charge on any atom is -0.487 e. The number of para-hydroxylation sites is 1. The Hall–Kier alpha value is -2.34. The van der Waals surface area contributed by atoms with E-state index in [1.54, 1.807) is 17.9 Å². The van der Waals surface area contributed by atoms with Crippen LogP contribution in [0.5, 0.6) is 5.75 Å². The van der Waals surface area contributed by atoms with Gasteiger partial charge in [-0.15, -0.1) is 0 Å². The second-order valence-electron chi connectivity index (χ2n) is 7.46. The predicted molar refractivity (Wildman–Crippen MR) is 98.8 cm³/mol. The average Bonchev–Trinajstić information content (AvgIpc) is 3.25. The summed E-state index contributed by atoms with van der Waals surface area (Å²) in [4.78, 5) is 13.0. The van der Waals surface area contributed by atoms with E-state index in [0.29, 0.717) is 0 Å². The molecule has 1 spiro atoms. The van der Waals surface area contributed by atoms with Crippen LogP contribution in [0.15, 0.2) is 36.7 Å². The number of nitrogens with zero attached hydrogens (tertiary/aromatic N) is 2. The third-order valence-corrected chi connectivity index (χ3v) is 5.64. The van der Waals surface area contributed by atoms with Crippen molar-refractivity contribution >= 4 is 5.91 Å². The van der Waals surface area contributed by atoms with Crippen LogP contribution in [0.2, 0.25) is 0 Å². The molecule has 0 saturated heterocycles. The lowest BCUT2D eigenvalue weighted by atomic mass is 9.85. The Morgan fingerprint density at radius 2 is 2.12 bits per heavy atom. The monoisotopic (exact) mass is 354 g/mol. The van der Waals surface area contributed by atoms with Gasteiger partial charge >= 0.3 is 0 Å². The van der Waals surface area contributed by atoms with Gasteiger partial charge in [-0.2, -0.15) is 5.10 Å². The van der Waals surface area contributed by atoms with E-state index < -0.39 is 6.04 Å². The average molecular weight is 354 g/mol. The Balaban J connectivity index is 1.58. The van der Waals surface area contributed by atoms with Gasteiger partial charge in [-0.1, -0.05) is 18.2 Å². The second kappa shape index (κ2) is 6.76. The Bertz CT molecular complexity index is 795. The number of carbonyl (C=O) groups excluding carboxylic acids is 1. The number of nitrogens with one attached hydrogen (secondary N) is 2. The minimum absolute atomic E-state index is 0.0296. The normalized spacial score (nSPS) is 21.8. The maximum absolute atomic E-state index is 13.0. The SMILES string of the molecule is CNC(C(=O)NC1CC2(CCCC2)Oc2ccccc21)c1cnn(C)c1. The highest BCUT2D eigenvalue weighted by molar-refractivity contribution is 5.83. The molecule has 2 atom stereocenters. The molecule has 1 aromatic heterocycles. The number of aryl methyl sites for hydroxylation is 1. The number of benzene rings is 1. The quantitative estimate of drug-likeness (QED) is 0.886. The Kier molecular flexibility index (Phi) is 4.44. The van der Waals surface area contributed by atoms with Gasteiger partial charge in [-0.3, -0.25) is 9.48 Å². The fourth-order valence-electron chi connectivity index (χ4n) is 4.37. The molecular weight excluding hydrogens is 328 g/mol. The molecule has 1 saturated carbocycles. The standard InChI is InChI=1S/C20H26N4O2/c1-21-18(14-12-22-24(2)13-14)19(25)23-16-11-20(9-5-6-10-20)26-17-8-4-3-7-15(16)17/h3-4,7-8,12-13,16,18,21H,5-6,9-11H2,1-2H3,(H,23,25). The second-order valence-corrected chi connectivity index (χ2v) is 7.46. The number of carbonyl (C=O) groups is 1. The summed E-state index contributed by atoms with van der Waals surface area (Å²) in [6, 6.07) is 7.63. The lowest BCUT2D eigenvalue weighted by Gasteiger charge is -2.40. The molecule has 2 N–H and O–H groups in total. The Morgan fingerprint density at radius 3 is 2.81 bits per heavy atom. The number of ether oxygens (including phenoxy) is 1. The van der Waals surface area contributed by atoms with Crippen LogP contribution in [0.4, 0.5) is 0 Å². The van der Waals surface area contributed by atoms with Crippen LogP contribution in [-0.4, -0.2) is 28.3 Å². The van der Waals surface area contributed by atoms with Gasteiger partial charge in [0.2, 0.25) is 5.91 Å². The van der Waals surface area contributed by atoms with Crippen molar-refractivity contribution < 1.29 is 9.53 Å². The molecule has 1 aromatic carbocycles. The van der Waals surface area contributed by atoms with Crippen LogP contribution in [0.3, 0.4) is 0 Å². The molecule has 1 fully saturated rings. The number of hydrogen-bond donors (Lipinski definition) is 2. The summed E-state index contributed by atoms with van der Waals surface area (Å²) in [6.45, 7) is 0. The van der Waals surface area contributed by atoms with E-state index in [9.17, 15) is 4.79 Å². The first kappa shape index (κ1) is 17.1. The van der Waals surface area contributed by atoms with Crippen LogP contribution in [0.25, 0.3) is 0 Å². The summed E-state index contributed by atoms with van der Waals surface area (Å²) in [5.41, 5.74) is 1.80. The summed E-state index contributed by atoms with van der Waals surface area (Å²) in [6.07, 6.45) is 8.94. The third kappa shape index (κ3) is 3.09. The zero-order valence-corrected chi connectivity index (χ0v) is 15.4. The first-order valence-corrected chi connectivity index (χ1v) is 9.34. The molecule has 2 unspecified atom stereocenters. The van der Waals surface area contributed by atoms with Crippen molar-refractivity contribution in [3.8, 4) is 5.75 Å². The number of aromatic nitrogens is 2. The largest absolute Gasteiger partial charge is 0.487 e. The van der Waals surface area contributed by atoms with Crippen molar-refractivity contribution in [1.82, 2.24) is 20.4 Å². The smallest absolute Gasteiger partial charge is 0.242 e. The van der Waals surface area contributed by atoms with Crippen LogP contribution >= 0.6 is 0 Å². The maximum Gasteiger partial charge on any atom is 0.242 e. The van der Waals surface area contributed by atoms with E-state index in [1.807, 2.05) is 31.4 Å². The molecule has 4 rings (SSSR count). The number of amides is 1. The summed E-state index contributed by atoms with van der Waals surface area (Å²) in [5, 5.41) is 10.6. The van der Waals surface area contributed by atoms with Crippen LogP contribution in [-0.2, 0) is 11.8 Å². The number of fused-ring (bicyclic) bond motifs is 1. The van der Waals surface area contributed by atoms with Crippen molar-refractivity contribution in [2.75, 3.05) is 7.05 Å². The Morgan fingerprint density at radius 1 is 1.35 bits per heavy atom. The minimum atomic E-state index is -0.418. The van der Waals surface area contributed by atoms with E-state index >= 15 is 0 Å². The molecule has 6 nitrogen and oxygen atoms in total. The van der Waals surface area contributed by atoms with E-state index in [-0.39, 0.29) is 17.6 Å². The summed E-state index contributed by atoms with van der Waals surface area (Å²) in [7, 11) is 3.65. The summed E-state index contributed by atoms with van der Waals surface area (Å²) in [5.74, 6) is 0.878. The highest BCUT2D eigenvalue weighted by atomic mass is 16.5. The highest BCUT2D eigenvalue weighted by Crippen LogP contribution is 2.47. The Labute approximate surface area is 153 Å². The van der Waals surface area contributed by atoms with Gasteiger partial charge in [0, 0.05) is 30.8 Å². The predicted octanol–water partition coefficient (Wildman–Crippen LogP) is 2.63. The summed E-state index contributed by atoms with van der Waals surface area (Å²) < 4.78 is 8.10. The zero-order valence-electron chi connectivity index (χ0n) is 15.4. The maximum atomic E-state index is 13.0. The van der Waals surface area contributed by atoms with Gasteiger partial charge in [0.25, 0.3) is 0 Å². The van der Waals surface area contributed by atoms with Crippen molar-refractivity contribution in [3.05, 3.63) is 47.8 Å². The van der Waals surface area contributed by atoms with Crippen molar-refractivity contribution in [3.63, 3.8) is 0 Å². The van der Waals surface area contributed by atoms with Crippen LogP contribution in [0, 0.1) is 0 Å². The number of likely N-dealkylation sites (N-methyl/N-ethyl adjacent to an activating group) is 1. The molecule has 138 valence electrons. The van der Waals surface area contributed by atoms with Crippen LogP contribution in [0.1, 0.15) is 55.3 Å². The van der Waals surface area contributed by atoms with Gasteiger partial charge in [0.05, 0.1) is 12.2 Å². The number of rotatable bonds is 4. The molecule has 2 aromatic rings. The summed E-state index contributed by atoms with van der Waals surface area (Å²) >= 11 is 0. The molecule has 2 aliphatic rings. The molecule has 2 heterocycles. The molecule has 1 aliphatic heterocycles. The van der Waals surface area contributed by atoms with E-state index in [0.717, 1.165) is 36.1 Å². The highest BCUT2D eigenvalue weighted by Gasteiger charge is 2.43. The fraction of sp³-hybridized carbons (Fsp3) is 0.500. The molecule has 26 heavy (non-hydrogen) atoms. The van der Waals surface area contributed by atoms with Crippen molar-refractivity contribution in [2.24, 2.45) is 7.05 Å². The lowest BCUT2D eigenvalue weighted by Crippen LogP contribution is -2.45. The molecular formula is C20H26N4O2. The van der Waals surface area contributed by atoms with Gasteiger partial charge < -0.3 is 15.4 Å². The topological polar surface area (TPSA) is 68.2 Å². The molecule has 1 aliphatic carbocycles. The first-order valence-electron chi connectivity index (χ1n) is 9.34. The van der Waals surface area contributed by atoms with Crippen molar-refractivity contribution in [1.29, 1.82) is 0 Å². The molecule has 0 radical (unpaired) electrons. The third-order valence-electron chi connectivity index (χ3n) is 5.64. The number of hydrogen-bond acceptors (Lipinski definition) is 4. The molecule has 6 heteroatoms. The van der Waals surface area contributed by atoms with Gasteiger partial charge in [0.1, 0.15) is 17.4 Å².